The number of rotatable bonds is 9. The van der Waals surface area contributed by atoms with Crippen LogP contribution in [0.3, 0.4) is 0 Å². The smallest absolute Gasteiger partial charge is 0.282 e. The molecule has 3 aromatic heterocycles. The Balaban J connectivity index is 1.25. The number of anilines is 3. The van der Waals surface area contributed by atoms with Gasteiger partial charge in [-0.2, -0.15) is 5.10 Å². The van der Waals surface area contributed by atoms with E-state index in [2.05, 4.69) is 31.2 Å². The molecule has 3 aliphatic carbocycles. The zero-order chi connectivity index (χ0) is 27.5. The van der Waals surface area contributed by atoms with Gasteiger partial charge in [-0.05, 0) is 37.7 Å². The molecular formula is C24H26F4N8O2S. The molecule has 0 spiro atoms. The standard InChI is InChI=1S/C24H26F4N8O2S/c1-35-17(7-15(34-35)19(25)26)31-23-33-30-10-36(23)13-4-5-16-14(6-13)18(21(38)29-9-12-8-24(12,27)28)22(39-16)32-20(37)11-2-3-11/h7,10-13,19H,2-6,8-9H2,1H3,(H,29,38)(H,31,33)(H,32,37)/t12-,13+/m1/s1. The Bertz CT molecular complexity index is 1430. The Morgan fingerprint density at radius 1 is 1.26 bits per heavy atom. The maximum Gasteiger partial charge on any atom is 0.282 e. The van der Waals surface area contributed by atoms with Gasteiger partial charge in [0.25, 0.3) is 18.3 Å². The van der Waals surface area contributed by atoms with Gasteiger partial charge in [0.15, 0.2) is 0 Å². The second-order valence-corrected chi connectivity index (χ2v) is 11.4. The largest absolute Gasteiger partial charge is 0.351 e. The molecule has 0 aromatic carbocycles. The SMILES string of the molecule is Cn1nc(C(F)F)cc1Nc1nncn1[C@H]1CCc2sc(NC(=O)C3CC3)c(C(=O)NC[C@H]3CC3(F)F)c2C1. The predicted molar refractivity (Wildman–Crippen MR) is 134 cm³/mol. The third kappa shape index (κ3) is 5.11. The lowest BCUT2D eigenvalue weighted by molar-refractivity contribution is -0.117. The Morgan fingerprint density at radius 3 is 2.69 bits per heavy atom. The molecule has 0 aliphatic heterocycles. The molecule has 0 bridgehead atoms. The first-order valence-electron chi connectivity index (χ1n) is 12.7. The molecule has 15 heteroatoms. The zero-order valence-corrected chi connectivity index (χ0v) is 21.7. The molecule has 3 N–H and O–H groups in total. The van der Waals surface area contributed by atoms with Crippen molar-refractivity contribution in [1.29, 1.82) is 0 Å². The van der Waals surface area contributed by atoms with Gasteiger partial charge in [0.2, 0.25) is 11.9 Å². The normalized spacial score (nSPS) is 21.5. The molecule has 3 heterocycles. The fourth-order valence-electron chi connectivity index (χ4n) is 4.91. The summed E-state index contributed by atoms with van der Waals surface area (Å²) < 4.78 is 56.1. The van der Waals surface area contributed by atoms with E-state index < -0.39 is 24.2 Å². The van der Waals surface area contributed by atoms with Crippen molar-refractivity contribution in [2.45, 2.75) is 56.9 Å². The summed E-state index contributed by atoms with van der Waals surface area (Å²) in [6, 6.07) is 1.06. The van der Waals surface area contributed by atoms with Crippen LogP contribution in [0.4, 0.5) is 34.3 Å². The van der Waals surface area contributed by atoms with E-state index in [1.54, 1.807) is 4.57 Å². The van der Waals surface area contributed by atoms with E-state index in [1.807, 2.05) is 0 Å². The number of hydrogen-bond donors (Lipinski definition) is 3. The molecule has 10 nitrogen and oxygen atoms in total. The third-order valence-corrected chi connectivity index (χ3v) is 8.65. The van der Waals surface area contributed by atoms with E-state index in [1.165, 1.54) is 35.5 Å². The van der Waals surface area contributed by atoms with Crippen molar-refractivity contribution in [1.82, 2.24) is 29.9 Å². The Kier molecular flexibility index (Phi) is 6.35. The molecule has 0 unspecified atom stereocenters. The highest BCUT2D eigenvalue weighted by Crippen LogP contribution is 2.48. The number of halogens is 4. The molecule has 6 rings (SSSR count). The number of aromatic nitrogens is 5. The molecular weight excluding hydrogens is 540 g/mol. The summed E-state index contributed by atoms with van der Waals surface area (Å²) >= 11 is 1.35. The van der Waals surface area contributed by atoms with Gasteiger partial charge in [-0.3, -0.25) is 18.8 Å². The van der Waals surface area contributed by atoms with Crippen LogP contribution in [-0.4, -0.2) is 48.8 Å². The summed E-state index contributed by atoms with van der Waals surface area (Å²) in [4.78, 5) is 26.8. The number of amides is 2. The van der Waals surface area contributed by atoms with E-state index in [-0.39, 0.29) is 36.5 Å². The van der Waals surface area contributed by atoms with Gasteiger partial charge >= 0.3 is 0 Å². The zero-order valence-electron chi connectivity index (χ0n) is 20.9. The van der Waals surface area contributed by atoms with Gasteiger partial charge in [0.05, 0.1) is 5.56 Å². The van der Waals surface area contributed by atoms with E-state index in [0.29, 0.717) is 41.6 Å². The van der Waals surface area contributed by atoms with Crippen LogP contribution in [-0.2, 0) is 24.7 Å². The van der Waals surface area contributed by atoms with E-state index in [4.69, 9.17) is 0 Å². The highest BCUT2D eigenvalue weighted by atomic mass is 32.1. The minimum Gasteiger partial charge on any atom is -0.351 e. The lowest BCUT2D eigenvalue weighted by Gasteiger charge is -2.25. The molecule has 0 radical (unpaired) electrons. The van der Waals surface area contributed by atoms with Crippen molar-refractivity contribution >= 4 is 39.9 Å². The summed E-state index contributed by atoms with van der Waals surface area (Å²) in [7, 11) is 1.53. The van der Waals surface area contributed by atoms with Gasteiger partial charge in [0, 0.05) is 48.8 Å². The lowest BCUT2D eigenvalue weighted by Crippen LogP contribution is -2.29. The summed E-state index contributed by atoms with van der Waals surface area (Å²) in [5, 5.41) is 20.9. The van der Waals surface area contributed by atoms with Crippen LogP contribution in [0.1, 0.15) is 64.6 Å². The van der Waals surface area contributed by atoms with Gasteiger partial charge < -0.3 is 16.0 Å². The number of aryl methyl sites for hydroxylation is 2. The van der Waals surface area contributed by atoms with Gasteiger partial charge in [0.1, 0.15) is 22.8 Å². The quantitative estimate of drug-likeness (QED) is 0.334. The van der Waals surface area contributed by atoms with Crippen LogP contribution in [0.15, 0.2) is 12.4 Å². The lowest BCUT2D eigenvalue weighted by atomic mass is 9.91. The van der Waals surface area contributed by atoms with Gasteiger partial charge in [-0.15, -0.1) is 21.5 Å². The van der Waals surface area contributed by atoms with Crippen molar-refractivity contribution < 1.29 is 27.2 Å². The Morgan fingerprint density at radius 2 is 2.03 bits per heavy atom. The number of fused-ring (bicyclic) bond motifs is 1. The van der Waals surface area contributed by atoms with Crippen LogP contribution < -0.4 is 16.0 Å². The first-order chi connectivity index (χ1) is 18.6. The first kappa shape index (κ1) is 25.8. The highest BCUT2D eigenvalue weighted by Gasteiger charge is 2.56. The van der Waals surface area contributed by atoms with E-state index in [9.17, 15) is 27.2 Å². The van der Waals surface area contributed by atoms with Gasteiger partial charge in [-0.25, -0.2) is 17.6 Å². The number of alkyl halides is 4. The average Bonchev–Trinajstić information content (AvgIpc) is 3.67. The molecule has 2 saturated carbocycles. The first-order valence-corrected chi connectivity index (χ1v) is 13.5. The number of carbonyl (C=O) groups is 2. The molecule has 0 saturated heterocycles. The molecule has 2 fully saturated rings. The van der Waals surface area contributed by atoms with E-state index >= 15 is 0 Å². The average molecular weight is 567 g/mol. The predicted octanol–water partition coefficient (Wildman–Crippen LogP) is 4.22. The molecule has 3 aliphatic rings. The number of thiophene rings is 1. The summed E-state index contributed by atoms with van der Waals surface area (Å²) in [6.07, 6.45) is 1.87. The fourth-order valence-corrected chi connectivity index (χ4v) is 6.16. The fraction of sp³-hybridized carbons (Fsp3) is 0.542. The summed E-state index contributed by atoms with van der Waals surface area (Å²) in [5.74, 6) is -3.69. The second-order valence-electron chi connectivity index (χ2n) is 10.3. The van der Waals surface area contributed by atoms with Crippen LogP contribution >= 0.6 is 11.3 Å². The topological polar surface area (TPSA) is 119 Å². The highest BCUT2D eigenvalue weighted by molar-refractivity contribution is 7.17. The number of nitrogens with one attached hydrogen (secondary N) is 3. The van der Waals surface area contributed by atoms with Crippen molar-refractivity contribution in [3.63, 3.8) is 0 Å². The maximum atomic E-state index is 13.4. The Labute approximate surface area is 224 Å². The number of carbonyl (C=O) groups excluding carboxylic acids is 2. The van der Waals surface area contributed by atoms with Crippen molar-refractivity contribution in [3.8, 4) is 0 Å². The Hall–Kier alpha value is -3.49. The molecule has 208 valence electrons. The second kappa shape index (κ2) is 9.61. The number of nitrogens with zero attached hydrogens (tertiary/aromatic N) is 5. The van der Waals surface area contributed by atoms with Crippen molar-refractivity contribution in [2.75, 3.05) is 17.2 Å². The minimum absolute atomic E-state index is 0.0683. The molecule has 3 aromatic rings. The molecule has 2 amide bonds. The van der Waals surface area contributed by atoms with Crippen LogP contribution in [0.25, 0.3) is 0 Å². The minimum atomic E-state index is -2.75. The van der Waals surface area contributed by atoms with Crippen LogP contribution in [0, 0.1) is 11.8 Å². The summed E-state index contributed by atoms with van der Waals surface area (Å²) in [5.41, 5.74) is 0.697. The van der Waals surface area contributed by atoms with Crippen LogP contribution in [0.5, 0.6) is 0 Å². The molecule has 39 heavy (non-hydrogen) atoms. The van der Waals surface area contributed by atoms with Crippen LogP contribution in [0.2, 0.25) is 0 Å². The maximum absolute atomic E-state index is 13.4. The van der Waals surface area contributed by atoms with Crippen molar-refractivity contribution in [3.05, 3.63) is 34.1 Å². The third-order valence-electron chi connectivity index (χ3n) is 7.44. The van der Waals surface area contributed by atoms with Crippen molar-refractivity contribution in [2.24, 2.45) is 18.9 Å². The van der Waals surface area contributed by atoms with Gasteiger partial charge in [-0.1, -0.05) is 0 Å². The molecule has 2 atom stereocenters. The monoisotopic (exact) mass is 566 g/mol. The van der Waals surface area contributed by atoms with E-state index in [0.717, 1.165) is 23.3 Å². The number of hydrogen-bond acceptors (Lipinski definition) is 7. The summed E-state index contributed by atoms with van der Waals surface area (Å²) in [6.45, 7) is -0.138.